The Morgan fingerprint density at radius 1 is 1.15 bits per heavy atom. The molecule has 1 unspecified atom stereocenters. The van der Waals surface area contributed by atoms with E-state index in [0.29, 0.717) is 0 Å². The Bertz CT molecular complexity index is 558. The largest absolute Gasteiger partial charge is 0.316 e. The molecular formula is C18H24N2. The van der Waals surface area contributed by atoms with Crippen LogP contribution in [0.1, 0.15) is 18.4 Å². The van der Waals surface area contributed by atoms with Crippen molar-refractivity contribution in [2.45, 2.75) is 19.4 Å². The molecule has 2 aromatic rings. The highest BCUT2D eigenvalue weighted by atomic mass is 15.1. The summed E-state index contributed by atoms with van der Waals surface area (Å²) in [4.78, 5) is 2.46. The average molecular weight is 268 g/mol. The van der Waals surface area contributed by atoms with Gasteiger partial charge in [0.05, 0.1) is 0 Å². The van der Waals surface area contributed by atoms with Crippen molar-refractivity contribution in [1.29, 1.82) is 0 Å². The highest BCUT2D eigenvalue weighted by Crippen LogP contribution is 2.17. The van der Waals surface area contributed by atoms with Gasteiger partial charge in [-0.1, -0.05) is 36.4 Å². The first-order valence-electron chi connectivity index (χ1n) is 7.68. The Kier molecular flexibility index (Phi) is 4.34. The van der Waals surface area contributed by atoms with Crippen LogP contribution >= 0.6 is 0 Å². The van der Waals surface area contributed by atoms with E-state index in [9.17, 15) is 0 Å². The van der Waals surface area contributed by atoms with Gasteiger partial charge in [0.25, 0.3) is 0 Å². The van der Waals surface area contributed by atoms with Crippen molar-refractivity contribution < 1.29 is 0 Å². The van der Waals surface area contributed by atoms with Gasteiger partial charge in [-0.2, -0.15) is 0 Å². The zero-order valence-electron chi connectivity index (χ0n) is 12.3. The van der Waals surface area contributed by atoms with Crippen LogP contribution in [0.4, 0.5) is 0 Å². The summed E-state index contributed by atoms with van der Waals surface area (Å²) in [6.45, 7) is 4.62. The number of nitrogens with zero attached hydrogens (tertiary/aromatic N) is 1. The number of benzene rings is 2. The summed E-state index contributed by atoms with van der Waals surface area (Å²) in [7, 11) is 2.24. The first-order valence-corrected chi connectivity index (χ1v) is 7.68. The average Bonchev–Trinajstić information content (AvgIpc) is 2.48. The lowest BCUT2D eigenvalue weighted by atomic mass is 9.99. The summed E-state index contributed by atoms with van der Waals surface area (Å²) in [5.74, 6) is 0.814. The van der Waals surface area contributed by atoms with Crippen LogP contribution in [-0.2, 0) is 6.54 Å². The molecule has 0 aromatic heterocycles. The molecule has 20 heavy (non-hydrogen) atoms. The SMILES string of the molecule is CN(Cc1ccc2ccccc2c1)CC1CCCNC1. The Hall–Kier alpha value is -1.38. The fourth-order valence-corrected chi connectivity index (χ4v) is 3.23. The van der Waals surface area contributed by atoms with Gasteiger partial charge in [0.2, 0.25) is 0 Å². The third-order valence-electron chi connectivity index (χ3n) is 4.24. The zero-order chi connectivity index (χ0) is 13.8. The number of nitrogens with one attached hydrogen (secondary N) is 1. The first kappa shape index (κ1) is 13.6. The second-order valence-corrected chi connectivity index (χ2v) is 6.09. The number of hydrogen-bond acceptors (Lipinski definition) is 2. The molecule has 0 spiro atoms. The molecule has 1 atom stereocenters. The second kappa shape index (κ2) is 6.38. The Morgan fingerprint density at radius 3 is 2.80 bits per heavy atom. The third-order valence-corrected chi connectivity index (χ3v) is 4.24. The van der Waals surface area contributed by atoms with Crippen LogP contribution in [0, 0.1) is 5.92 Å². The molecule has 1 aliphatic heterocycles. The standard InChI is InChI=1S/C18H24N2/c1-20(14-16-5-4-10-19-12-16)13-15-8-9-17-6-2-3-7-18(17)11-15/h2-3,6-9,11,16,19H,4-5,10,12-14H2,1H3. The quantitative estimate of drug-likeness (QED) is 0.915. The molecule has 0 amide bonds. The monoisotopic (exact) mass is 268 g/mol. The van der Waals surface area contributed by atoms with E-state index < -0.39 is 0 Å². The smallest absolute Gasteiger partial charge is 0.0231 e. The van der Waals surface area contributed by atoms with Crippen molar-refractivity contribution in [3.63, 3.8) is 0 Å². The van der Waals surface area contributed by atoms with Gasteiger partial charge in [-0.15, -0.1) is 0 Å². The van der Waals surface area contributed by atoms with E-state index in [1.54, 1.807) is 0 Å². The zero-order valence-corrected chi connectivity index (χ0v) is 12.3. The van der Waals surface area contributed by atoms with Crippen LogP contribution in [0.3, 0.4) is 0 Å². The van der Waals surface area contributed by atoms with Crippen LogP contribution in [0.2, 0.25) is 0 Å². The van der Waals surface area contributed by atoms with Gasteiger partial charge in [0.15, 0.2) is 0 Å². The van der Waals surface area contributed by atoms with Crippen molar-refractivity contribution in [2.75, 3.05) is 26.7 Å². The van der Waals surface area contributed by atoms with Crippen LogP contribution in [-0.4, -0.2) is 31.6 Å². The molecule has 2 aromatic carbocycles. The minimum atomic E-state index is 0.814. The molecule has 2 nitrogen and oxygen atoms in total. The van der Waals surface area contributed by atoms with Gasteiger partial charge in [0, 0.05) is 13.1 Å². The number of hydrogen-bond donors (Lipinski definition) is 1. The lowest BCUT2D eigenvalue weighted by molar-refractivity contribution is 0.237. The molecule has 1 heterocycles. The van der Waals surface area contributed by atoms with E-state index in [4.69, 9.17) is 0 Å². The number of fused-ring (bicyclic) bond motifs is 1. The molecule has 1 aliphatic rings. The summed E-state index contributed by atoms with van der Waals surface area (Å²) in [5.41, 5.74) is 1.41. The van der Waals surface area contributed by atoms with Crippen molar-refractivity contribution in [3.8, 4) is 0 Å². The van der Waals surface area contributed by atoms with Crippen LogP contribution < -0.4 is 5.32 Å². The molecular weight excluding hydrogens is 244 g/mol. The Morgan fingerprint density at radius 2 is 2.00 bits per heavy atom. The van der Waals surface area contributed by atoms with Crippen molar-refractivity contribution in [2.24, 2.45) is 5.92 Å². The van der Waals surface area contributed by atoms with Gasteiger partial charge >= 0.3 is 0 Å². The van der Waals surface area contributed by atoms with Crippen LogP contribution in [0.15, 0.2) is 42.5 Å². The van der Waals surface area contributed by atoms with Gasteiger partial charge in [-0.3, -0.25) is 0 Å². The van der Waals surface area contributed by atoms with Crippen molar-refractivity contribution in [3.05, 3.63) is 48.0 Å². The molecule has 2 heteroatoms. The molecule has 1 fully saturated rings. The maximum atomic E-state index is 3.50. The molecule has 0 radical (unpaired) electrons. The van der Waals surface area contributed by atoms with Gasteiger partial charge in [-0.05, 0) is 61.3 Å². The molecule has 3 rings (SSSR count). The maximum absolute atomic E-state index is 3.50. The van der Waals surface area contributed by atoms with E-state index in [1.807, 2.05) is 0 Å². The predicted molar refractivity (Wildman–Crippen MR) is 85.9 cm³/mol. The minimum Gasteiger partial charge on any atom is -0.316 e. The topological polar surface area (TPSA) is 15.3 Å². The first-order chi connectivity index (χ1) is 9.81. The van der Waals surface area contributed by atoms with Crippen molar-refractivity contribution >= 4 is 10.8 Å². The van der Waals surface area contributed by atoms with Gasteiger partial charge in [0.1, 0.15) is 0 Å². The lowest BCUT2D eigenvalue weighted by Crippen LogP contribution is -2.36. The predicted octanol–water partition coefficient (Wildman–Crippen LogP) is 3.27. The summed E-state index contributed by atoms with van der Waals surface area (Å²) >= 11 is 0. The highest BCUT2D eigenvalue weighted by molar-refractivity contribution is 5.82. The van der Waals surface area contributed by atoms with Gasteiger partial charge in [-0.25, -0.2) is 0 Å². The summed E-state index contributed by atoms with van der Waals surface area (Å²) in [5, 5.41) is 6.18. The third kappa shape index (κ3) is 3.38. The highest BCUT2D eigenvalue weighted by Gasteiger charge is 2.14. The fourth-order valence-electron chi connectivity index (χ4n) is 3.23. The summed E-state index contributed by atoms with van der Waals surface area (Å²) in [6.07, 6.45) is 2.70. The van der Waals surface area contributed by atoms with E-state index in [2.05, 4.69) is 59.7 Å². The van der Waals surface area contributed by atoms with E-state index in [1.165, 1.54) is 48.8 Å². The fraction of sp³-hybridized carbons (Fsp3) is 0.444. The summed E-state index contributed by atoms with van der Waals surface area (Å²) < 4.78 is 0. The number of rotatable bonds is 4. The molecule has 0 saturated carbocycles. The van der Waals surface area contributed by atoms with Crippen LogP contribution in [0.25, 0.3) is 10.8 Å². The van der Waals surface area contributed by atoms with Crippen LogP contribution in [0.5, 0.6) is 0 Å². The molecule has 106 valence electrons. The summed E-state index contributed by atoms with van der Waals surface area (Å²) in [6, 6.07) is 15.4. The molecule has 1 N–H and O–H groups in total. The Labute approximate surface area is 121 Å². The second-order valence-electron chi connectivity index (χ2n) is 6.09. The van der Waals surface area contributed by atoms with Gasteiger partial charge < -0.3 is 10.2 Å². The molecule has 1 saturated heterocycles. The molecule has 0 bridgehead atoms. The normalized spacial score (nSPS) is 19.6. The van der Waals surface area contributed by atoms with E-state index in [-0.39, 0.29) is 0 Å². The Balaban J connectivity index is 1.62. The molecule has 0 aliphatic carbocycles. The minimum absolute atomic E-state index is 0.814. The van der Waals surface area contributed by atoms with E-state index >= 15 is 0 Å². The maximum Gasteiger partial charge on any atom is 0.0231 e. The number of piperidine rings is 1. The van der Waals surface area contributed by atoms with Crippen molar-refractivity contribution in [1.82, 2.24) is 10.2 Å². The van der Waals surface area contributed by atoms with E-state index in [0.717, 1.165) is 12.5 Å². The lowest BCUT2D eigenvalue weighted by Gasteiger charge is -2.27.